The second-order valence-corrected chi connectivity index (χ2v) is 8.23. The second kappa shape index (κ2) is 8.31. The van der Waals surface area contributed by atoms with Gasteiger partial charge >= 0.3 is 0 Å². The predicted octanol–water partition coefficient (Wildman–Crippen LogP) is 2.51. The van der Waals surface area contributed by atoms with Crippen LogP contribution in [0.2, 0.25) is 0 Å². The molecule has 0 aliphatic carbocycles. The third kappa shape index (κ3) is 4.15. The average Bonchev–Trinajstić information content (AvgIpc) is 3.34. The van der Waals surface area contributed by atoms with Crippen molar-refractivity contribution < 1.29 is 4.79 Å². The summed E-state index contributed by atoms with van der Waals surface area (Å²) >= 11 is 1.64. The molecule has 1 amide bonds. The van der Waals surface area contributed by atoms with Crippen molar-refractivity contribution in [3.05, 3.63) is 18.3 Å². The summed E-state index contributed by atoms with van der Waals surface area (Å²) in [6, 6.07) is 3.93. The van der Waals surface area contributed by atoms with Crippen molar-refractivity contribution >= 4 is 32.7 Å². The lowest BCUT2D eigenvalue weighted by molar-refractivity contribution is -0.125. The van der Waals surface area contributed by atoms with Crippen LogP contribution in [0.1, 0.15) is 32.1 Å². The number of thiazole rings is 1. The maximum Gasteiger partial charge on any atom is 0.223 e. The Morgan fingerprint density at radius 2 is 2.04 bits per heavy atom. The van der Waals surface area contributed by atoms with Gasteiger partial charge in [0.2, 0.25) is 5.91 Å². The Morgan fingerprint density at radius 1 is 1.23 bits per heavy atom. The number of likely N-dealkylation sites (tertiary alicyclic amines) is 1. The molecule has 0 saturated carbocycles. The normalized spacial score (nSPS) is 19.3. The Hall–Kier alpha value is -1.73. The van der Waals surface area contributed by atoms with E-state index in [1.807, 2.05) is 18.3 Å². The summed E-state index contributed by atoms with van der Waals surface area (Å²) in [5.74, 6) is 0.377. The molecule has 0 atom stereocenters. The lowest BCUT2D eigenvalue weighted by Crippen LogP contribution is -2.41. The molecule has 2 saturated heterocycles. The number of pyridine rings is 1. The number of nitrogens with one attached hydrogen (secondary N) is 1. The van der Waals surface area contributed by atoms with Crippen LogP contribution in [-0.2, 0) is 4.79 Å². The summed E-state index contributed by atoms with van der Waals surface area (Å²) in [6.45, 7) is 6.17. The van der Waals surface area contributed by atoms with E-state index in [0.717, 1.165) is 60.9 Å². The van der Waals surface area contributed by atoms with Crippen molar-refractivity contribution in [2.24, 2.45) is 5.92 Å². The monoisotopic (exact) mass is 373 g/mol. The van der Waals surface area contributed by atoms with Crippen LogP contribution < -0.4 is 10.2 Å². The van der Waals surface area contributed by atoms with Gasteiger partial charge in [0.15, 0.2) is 5.13 Å². The molecule has 1 N–H and O–H groups in total. The molecule has 0 radical (unpaired) electrons. The van der Waals surface area contributed by atoms with Crippen molar-refractivity contribution in [2.45, 2.75) is 32.1 Å². The van der Waals surface area contributed by atoms with Gasteiger partial charge in [0.25, 0.3) is 0 Å². The number of aromatic nitrogens is 2. The largest absolute Gasteiger partial charge is 0.356 e. The highest BCUT2D eigenvalue weighted by Crippen LogP contribution is 2.30. The highest BCUT2D eigenvalue weighted by Gasteiger charge is 2.26. The first-order chi connectivity index (χ1) is 12.8. The predicted molar refractivity (Wildman–Crippen MR) is 106 cm³/mol. The summed E-state index contributed by atoms with van der Waals surface area (Å²) < 4.78 is 0. The zero-order valence-electron chi connectivity index (χ0n) is 15.2. The van der Waals surface area contributed by atoms with Gasteiger partial charge in [-0.1, -0.05) is 11.3 Å². The van der Waals surface area contributed by atoms with E-state index in [1.54, 1.807) is 11.3 Å². The molecule has 0 bridgehead atoms. The van der Waals surface area contributed by atoms with E-state index in [-0.39, 0.29) is 11.8 Å². The summed E-state index contributed by atoms with van der Waals surface area (Å²) in [5, 5.41) is 4.18. The molecule has 0 spiro atoms. The molecule has 4 rings (SSSR count). The number of piperidine rings is 1. The molecule has 6 nitrogen and oxygen atoms in total. The first-order valence-corrected chi connectivity index (χ1v) is 10.6. The van der Waals surface area contributed by atoms with E-state index in [9.17, 15) is 4.79 Å². The van der Waals surface area contributed by atoms with Gasteiger partial charge in [-0.2, -0.15) is 0 Å². The number of fused-ring (bicyclic) bond motifs is 1. The van der Waals surface area contributed by atoms with E-state index in [2.05, 4.69) is 25.1 Å². The van der Waals surface area contributed by atoms with Crippen LogP contribution in [0, 0.1) is 5.92 Å². The molecule has 26 heavy (non-hydrogen) atoms. The smallest absolute Gasteiger partial charge is 0.223 e. The van der Waals surface area contributed by atoms with E-state index < -0.39 is 0 Å². The van der Waals surface area contributed by atoms with Crippen LogP contribution in [0.4, 0.5) is 5.13 Å². The number of anilines is 1. The number of carbonyl (C=O) groups excluding carboxylic acids is 1. The van der Waals surface area contributed by atoms with Crippen molar-refractivity contribution in [1.82, 2.24) is 20.2 Å². The third-order valence-electron chi connectivity index (χ3n) is 5.44. The maximum absolute atomic E-state index is 12.4. The summed E-state index contributed by atoms with van der Waals surface area (Å²) in [4.78, 5) is 27.2. The van der Waals surface area contributed by atoms with E-state index in [1.165, 1.54) is 25.9 Å². The number of hydrogen-bond acceptors (Lipinski definition) is 6. The minimum atomic E-state index is 0.144. The Kier molecular flexibility index (Phi) is 5.65. The first kappa shape index (κ1) is 17.7. The fourth-order valence-corrected chi connectivity index (χ4v) is 4.85. The molecule has 4 heterocycles. The topological polar surface area (TPSA) is 61.4 Å². The van der Waals surface area contributed by atoms with Gasteiger partial charge in [0.05, 0.1) is 0 Å². The van der Waals surface area contributed by atoms with Crippen LogP contribution in [0.3, 0.4) is 0 Å². The number of rotatable bonds is 6. The van der Waals surface area contributed by atoms with E-state index in [4.69, 9.17) is 0 Å². The summed E-state index contributed by atoms with van der Waals surface area (Å²) in [7, 11) is 0. The highest BCUT2D eigenvalue weighted by molar-refractivity contribution is 7.21. The van der Waals surface area contributed by atoms with Gasteiger partial charge in [-0.3, -0.25) is 4.79 Å². The summed E-state index contributed by atoms with van der Waals surface area (Å²) in [5.41, 5.74) is 0.963. The average molecular weight is 374 g/mol. The maximum atomic E-state index is 12.4. The molecule has 2 aliphatic rings. The van der Waals surface area contributed by atoms with Crippen molar-refractivity contribution in [1.29, 1.82) is 0 Å². The Balaban J connectivity index is 1.20. The van der Waals surface area contributed by atoms with Crippen molar-refractivity contribution in [2.75, 3.05) is 44.2 Å². The SMILES string of the molecule is O=C(NCCCN1CCCC1)C1CCN(c2nc3cccnc3s2)CC1. The van der Waals surface area contributed by atoms with Crippen LogP contribution in [0.15, 0.2) is 18.3 Å². The van der Waals surface area contributed by atoms with Gasteiger partial charge in [-0.25, -0.2) is 9.97 Å². The number of carbonyl (C=O) groups is 1. The van der Waals surface area contributed by atoms with Crippen LogP contribution in [0.5, 0.6) is 0 Å². The molecule has 2 aromatic rings. The van der Waals surface area contributed by atoms with Gasteiger partial charge in [-0.15, -0.1) is 0 Å². The van der Waals surface area contributed by atoms with Gasteiger partial charge < -0.3 is 15.1 Å². The van der Waals surface area contributed by atoms with Gasteiger partial charge in [0.1, 0.15) is 10.3 Å². The standard InChI is InChI=1S/C19H27N5OS/c25-17(20-9-4-12-23-10-1-2-11-23)15-6-13-24(14-7-15)19-22-16-5-3-8-21-18(16)26-19/h3,5,8,15H,1-2,4,6-7,9-14H2,(H,20,25). The van der Waals surface area contributed by atoms with Crippen molar-refractivity contribution in [3.8, 4) is 0 Å². The zero-order valence-corrected chi connectivity index (χ0v) is 16.0. The molecule has 7 heteroatoms. The van der Waals surface area contributed by atoms with Crippen LogP contribution in [-0.4, -0.2) is 60.0 Å². The summed E-state index contributed by atoms with van der Waals surface area (Å²) in [6.07, 6.45) is 7.34. The minimum absolute atomic E-state index is 0.144. The molecule has 0 unspecified atom stereocenters. The fraction of sp³-hybridized carbons (Fsp3) is 0.632. The minimum Gasteiger partial charge on any atom is -0.356 e. The molecule has 2 aliphatic heterocycles. The van der Waals surface area contributed by atoms with Crippen LogP contribution in [0.25, 0.3) is 10.3 Å². The Labute approximate surface area is 158 Å². The molecule has 140 valence electrons. The van der Waals surface area contributed by atoms with Crippen molar-refractivity contribution in [3.63, 3.8) is 0 Å². The van der Waals surface area contributed by atoms with E-state index in [0.29, 0.717) is 0 Å². The number of amides is 1. The van der Waals surface area contributed by atoms with Gasteiger partial charge in [-0.05, 0) is 63.9 Å². The second-order valence-electron chi connectivity index (χ2n) is 7.28. The molecule has 2 aromatic heterocycles. The number of hydrogen-bond donors (Lipinski definition) is 1. The third-order valence-corrected chi connectivity index (χ3v) is 6.48. The lowest BCUT2D eigenvalue weighted by Gasteiger charge is -2.31. The molecule has 0 aromatic carbocycles. The van der Waals surface area contributed by atoms with E-state index >= 15 is 0 Å². The first-order valence-electron chi connectivity index (χ1n) is 9.76. The molecule has 2 fully saturated rings. The number of nitrogens with zero attached hydrogens (tertiary/aromatic N) is 4. The lowest BCUT2D eigenvalue weighted by atomic mass is 9.96. The zero-order chi connectivity index (χ0) is 17.8. The van der Waals surface area contributed by atoms with Crippen LogP contribution >= 0.6 is 11.3 Å². The quantitative estimate of drug-likeness (QED) is 0.789. The molecular weight excluding hydrogens is 346 g/mol. The highest BCUT2D eigenvalue weighted by atomic mass is 32.1. The Morgan fingerprint density at radius 3 is 2.81 bits per heavy atom. The molecular formula is C19H27N5OS. The fourth-order valence-electron chi connectivity index (χ4n) is 3.89. The Bertz CT molecular complexity index is 701. The van der Waals surface area contributed by atoms with Gasteiger partial charge in [0, 0.05) is 31.7 Å².